The quantitative estimate of drug-likeness (QED) is 0.742. The van der Waals surface area contributed by atoms with Crippen LogP contribution in [0.25, 0.3) is 16.9 Å². The summed E-state index contributed by atoms with van der Waals surface area (Å²) >= 11 is 0. The van der Waals surface area contributed by atoms with Crippen molar-refractivity contribution in [2.24, 2.45) is 7.05 Å². The van der Waals surface area contributed by atoms with Crippen LogP contribution in [-0.4, -0.2) is 24.5 Å². The van der Waals surface area contributed by atoms with Crippen molar-refractivity contribution in [2.75, 3.05) is 0 Å². The third kappa shape index (κ3) is 2.13. The van der Waals surface area contributed by atoms with Crippen molar-refractivity contribution < 1.29 is 0 Å². The number of rotatable bonds is 3. The maximum atomic E-state index is 4.78. The van der Waals surface area contributed by atoms with Crippen LogP contribution in [0.2, 0.25) is 0 Å². The molecule has 0 bridgehead atoms. The smallest absolute Gasteiger partial charge is 0.160 e. The number of aryl methyl sites for hydroxylation is 5. The second kappa shape index (κ2) is 4.98. The van der Waals surface area contributed by atoms with Gasteiger partial charge in [-0.25, -0.2) is 9.67 Å². The summed E-state index contributed by atoms with van der Waals surface area (Å²) < 4.78 is 3.81. The molecule has 0 N–H and O–H groups in total. The van der Waals surface area contributed by atoms with Gasteiger partial charge in [-0.1, -0.05) is 13.8 Å². The fourth-order valence-electron chi connectivity index (χ4n) is 2.85. The van der Waals surface area contributed by atoms with Crippen molar-refractivity contribution in [3.8, 4) is 5.82 Å². The Morgan fingerprint density at radius 3 is 2.48 bits per heavy atom. The van der Waals surface area contributed by atoms with Crippen molar-refractivity contribution in [1.82, 2.24) is 24.5 Å². The van der Waals surface area contributed by atoms with E-state index in [-0.39, 0.29) is 0 Å². The Morgan fingerprint density at radius 1 is 1.05 bits per heavy atom. The Morgan fingerprint density at radius 2 is 1.81 bits per heavy atom. The number of hydrogen-bond acceptors (Lipinski definition) is 3. The molecule has 3 aromatic rings. The number of hydrogen-bond donors (Lipinski definition) is 0. The van der Waals surface area contributed by atoms with E-state index >= 15 is 0 Å². The zero-order chi connectivity index (χ0) is 15.1. The Balaban J connectivity index is 2.26. The van der Waals surface area contributed by atoms with Gasteiger partial charge in [0.15, 0.2) is 11.5 Å². The Kier molecular flexibility index (Phi) is 3.27. The van der Waals surface area contributed by atoms with Crippen LogP contribution >= 0.6 is 0 Å². The molecule has 110 valence electrons. The molecule has 5 heteroatoms. The maximum absolute atomic E-state index is 4.78. The molecular weight excluding hydrogens is 262 g/mol. The molecule has 3 aromatic heterocycles. The number of aromatic nitrogens is 5. The SMILES string of the molecule is CCc1cc(CC)n(-c2cc(C)c3c(C)nn(C)c3n2)n1. The standard InChI is InChI=1S/C16H21N5/c1-6-12-9-13(7-2)21(19-12)14-8-10(3)15-11(4)18-20(5)16(15)17-14/h8-9H,6-7H2,1-5H3. The molecule has 0 saturated carbocycles. The number of fused-ring (bicyclic) bond motifs is 1. The Labute approximate surface area is 124 Å². The van der Waals surface area contributed by atoms with E-state index in [9.17, 15) is 0 Å². The van der Waals surface area contributed by atoms with Crippen LogP contribution in [0.1, 0.15) is 36.5 Å². The van der Waals surface area contributed by atoms with Crippen LogP contribution < -0.4 is 0 Å². The molecular formula is C16H21N5. The lowest BCUT2D eigenvalue weighted by Crippen LogP contribution is -2.06. The van der Waals surface area contributed by atoms with Gasteiger partial charge in [-0.2, -0.15) is 10.2 Å². The van der Waals surface area contributed by atoms with Crippen LogP contribution in [0, 0.1) is 13.8 Å². The fraction of sp³-hybridized carbons (Fsp3) is 0.438. The molecule has 21 heavy (non-hydrogen) atoms. The highest BCUT2D eigenvalue weighted by Gasteiger charge is 2.14. The molecule has 0 fully saturated rings. The summed E-state index contributed by atoms with van der Waals surface area (Å²) in [6, 6.07) is 4.26. The van der Waals surface area contributed by atoms with Crippen LogP contribution in [0.15, 0.2) is 12.1 Å². The molecule has 0 aromatic carbocycles. The molecule has 0 aliphatic carbocycles. The number of nitrogens with zero attached hydrogens (tertiary/aromatic N) is 5. The summed E-state index contributed by atoms with van der Waals surface area (Å²) in [5.41, 5.74) is 5.42. The molecule has 0 unspecified atom stereocenters. The lowest BCUT2D eigenvalue weighted by Gasteiger charge is -2.07. The maximum Gasteiger partial charge on any atom is 0.160 e. The largest absolute Gasteiger partial charge is 0.250 e. The monoisotopic (exact) mass is 283 g/mol. The first kappa shape index (κ1) is 13.8. The van der Waals surface area contributed by atoms with Crippen LogP contribution in [0.3, 0.4) is 0 Å². The molecule has 0 saturated heterocycles. The molecule has 0 atom stereocenters. The average Bonchev–Trinajstić information content (AvgIpc) is 3.00. The van der Waals surface area contributed by atoms with E-state index in [4.69, 9.17) is 4.98 Å². The van der Waals surface area contributed by atoms with Crippen LogP contribution in [-0.2, 0) is 19.9 Å². The molecule has 0 spiro atoms. The summed E-state index contributed by atoms with van der Waals surface area (Å²) in [5, 5.41) is 10.3. The van der Waals surface area contributed by atoms with Crippen molar-refractivity contribution in [1.29, 1.82) is 0 Å². The molecule has 3 heterocycles. The normalized spacial score (nSPS) is 11.5. The third-order valence-electron chi connectivity index (χ3n) is 3.93. The average molecular weight is 283 g/mol. The van der Waals surface area contributed by atoms with Gasteiger partial charge in [0.1, 0.15) is 0 Å². The van der Waals surface area contributed by atoms with Gasteiger partial charge < -0.3 is 0 Å². The summed E-state index contributed by atoms with van der Waals surface area (Å²) in [7, 11) is 1.94. The first-order chi connectivity index (χ1) is 10.0. The highest BCUT2D eigenvalue weighted by atomic mass is 15.3. The van der Waals surface area contributed by atoms with E-state index in [0.29, 0.717) is 0 Å². The second-order valence-electron chi connectivity index (χ2n) is 5.45. The Hall–Kier alpha value is -2.17. The van der Waals surface area contributed by atoms with Gasteiger partial charge in [0.2, 0.25) is 0 Å². The van der Waals surface area contributed by atoms with Crippen LogP contribution in [0.4, 0.5) is 0 Å². The zero-order valence-corrected chi connectivity index (χ0v) is 13.3. The van der Waals surface area contributed by atoms with Gasteiger partial charge in [-0.15, -0.1) is 0 Å². The summed E-state index contributed by atoms with van der Waals surface area (Å²) in [4.78, 5) is 4.78. The lowest BCUT2D eigenvalue weighted by molar-refractivity contribution is 0.752. The first-order valence-electron chi connectivity index (χ1n) is 7.44. The molecule has 5 nitrogen and oxygen atoms in total. The van der Waals surface area contributed by atoms with Crippen molar-refractivity contribution in [3.05, 3.63) is 34.8 Å². The van der Waals surface area contributed by atoms with Gasteiger partial charge >= 0.3 is 0 Å². The highest BCUT2D eigenvalue weighted by Crippen LogP contribution is 2.23. The Bertz CT molecular complexity index is 810. The molecule has 3 rings (SSSR count). The van der Waals surface area contributed by atoms with E-state index in [1.165, 1.54) is 11.3 Å². The van der Waals surface area contributed by atoms with Crippen molar-refractivity contribution >= 4 is 11.0 Å². The third-order valence-corrected chi connectivity index (χ3v) is 3.93. The van der Waals surface area contributed by atoms with E-state index in [1.54, 1.807) is 0 Å². The minimum absolute atomic E-state index is 0.875. The fourth-order valence-corrected chi connectivity index (χ4v) is 2.85. The molecule has 0 amide bonds. The molecule has 0 aliphatic heterocycles. The summed E-state index contributed by atoms with van der Waals surface area (Å²) in [5.74, 6) is 0.875. The summed E-state index contributed by atoms with van der Waals surface area (Å²) in [6.07, 6.45) is 1.88. The zero-order valence-electron chi connectivity index (χ0n) is 13.3. The van der Waals surface area contributed by atoms with Crippen molar-refractivity contribution in [2.45, 2.75) is 40.5 Å². The summed E-state index contributed by atoms with van der Waals surface area (Å²) in [6.45, 7) is 8.40. The van der Waals surface area contributed by atoms with Crippen LogP contribution in [0.5, 0.6) is 0 Å². The molecule has 0 aliphatic rings. The second-order valence-corrected chi connectivity index (χ2v) is 5.45. The predicted octanol–water partition coefficient (Wildman–Crippen LogP) is 2.90. The molecule has 0 radical (unpaired) electrons. The predicted molar refractivity (Wildman–Crippen MR) is 83.9 cm³/mol. The van der Waals surface area contributed by atoms with Crippen molar-refractivity contribution in [3.63, 3.8) is 0 Å². The van der Waals surface area contributed by atoms with E-state index in [1.807, 2.05) is 23.3 Å². The van der Waals surface area contributed by atoms with E-state index < -0.39 is 0 Å². The van der Waals surface area contributed by atoms with Gasteiger partial charge in [0.25, 0.3) is 0 Å². The van der Waals surface area contributed by atoms with E-state index in [2.05, 4.69) is 43.1 Å². The van der Waals surface area contributed by atoms with Gasteiger partial charge in [0, 0.05) is 18.1 Å². The van der Waals surface area contributed by atoms with E-state index in [0.717, 1.165) is 41.1 Å². The van der Waals surface area contributed by atoms with Gasteiger partial charge in [-0.05, 0) is 44.4 Å². The van der Waals surface area contributed by atoms with Gasteiger partial charge in [-0.3, -0.25) is 4.68 Å². The topological polar surface area (TPSA) is 48.5 Å². The minimum atomic E-state index is 0.875. The number of pyridine rings is 1. The minimum Gasteiger partial charge on any atom is -0.250 e. The lowest BCUT2D eigenvalue weighted by atomic mass is 10.1. The first-order valence-corrected chi connectivity index (χ1v) is 7.44. The van der Waals surface area contributed by atoms with Gasteiger partial charge in [0.05, 0.1) is 11.4 Å². The highest BCUT2D eigenvalue weighted by molar-refractivity contribution is 5.82.